The number of aromatic nitrogens is 2. The molecular weight excluding hydrogens is 745 g/mol. The highest BCUT2D eigenvalue weighted by atomic mass is 32.1. The third-order valence-corrected chi connectivity index (χ3v) is 11.3. The fraction of sp³-hybridized carbons (Fsp3) is 0.357. The largest absolute Gasteiger partial charge is 0.493 e. The highest BCUT2D eigenvalue weighted by molar-refractivity contribution is 7.20. The third kappa shape index (κ3) is 8.44. The van der Waals surface area contributed by atoms with Crippen LogP contribution < -0.4 is 40.5 Å². The fourth-order valence-corrected chi connectivity index (χ4v) is 8.42. The first-order valence-electron chi connectivity index (χ1n) is 18.9. The van der Waals surface area contributed by atoms with E-state index in [0.29, 0.717) is 47.1 Å². The van der Waals surface area contributed by atoms with Gasteiger partial charge in [-0.25, -0.2) is 4.98 Å². The van der Waals surface area contributed by atoms with Crippen LogP contribution in [0.2, 0.25) is 0 Å². The van der Waals surface area contributed by atoms with Gasteiger partial charge in [0.15, 0.2) is 17.3 Å². The first kappa shape index (κ1) is 39.3. The molecule has 7 rings (SSSR count). The number of likely N-dealkylation sites (N-methyl/N-ethyl adjacent to an activating group) is 1. The molecule has 3 aromatic carbocycles. The number of methoxy groups -OCH3 is 1. The molecule has 0 spiro atoms. The van der Waals surface area contributed by atoms with Crippen LogP contribution in [0.1, 0.15) is 62.9 Å². The van der Waals surface area contributed by atoms with Gasteiger partial charge in [-0.1, -0.05) is 32.0 Å². The summed E-state index contributed by atoms with van der Waals surface area (Å²) in [5.41, 5.74) is 3.88. The summed E-state index contributed by atoms with van der Waals surface area (Å²) in [6.45, 7) is 6.38. The van der Waals surface area contributed by atoms with Gasteiger partial charge >= 0.3 is 0 Å². The van der Waals surface area contributed by atoms with Crippen LogP contribution in [0, 0.1) is 5.41 Å². The molecule has 0 unspecified atom stereocenters. The molecule has 298 valence electrons. The van der Waals surface area contributed by atoms with Gasteiger partial charge in [0, 0.05) is 68.5 Å². The Morgan fingerprint density at radius 2 is 1.77 bits per heavy atom. The minimum absolute atomic E-state index is 0.0227. The third-order valence-electron chi connectivity index (χ3n) is 10.2. The molecule has 2 aliphatic heterocycles. The number of imidazole rings is 1. The Morgan fingerprint density at radius 1 is 0.965 bits per heavy atom. The predicted octanol–water partition coefficient (Wildman–Crippen LogP) is 5.69. The fourth-order valence-electron chi connectivity index (χ4n) is 7.46. The maximum Gasteiger partial charge on any atom is 0.291 e. The number of amides is 4. The predicted molar refractivity (Wildman–Crippen MR) is 223 cm³/mol. The number of hydrogen-bond donors (Lipinski definition) is 4. The quantitative estimate of drug-likeness (QED) is 0.104. The van der Waals surface area contributed by atoms with Gasteiger partial charge in [0.05, 0.1) is 35.9 Å². The number of aryl methyl sites for hydroxylation is 1. The molecule has 57 heavy (non-hydrogen) atoms. The summed E-state index contributed by atoms with van der Waals surface area (Å²) in [5.74, 6) is 0.361. The second kappa shape index (κ2) is 16.3. The molecular formula is C42H48N8O6S. The lowest BCUT2D eigenvalue weighted by atomic mass is 9.93. The second-order valence-corrected chi connectivity index (χ2v) is 16.4. The second-order valence-electron chi connectivity index (χ2n) is 15.3. The van der Waals surface area contributed by atoms with E-state index in [2.05, 4.69) is 51.1 Å². The van der Waals surface area contributed by atoms with E-state index < -0.39 is 5.91 Å². The van der Waals surface area contributed by atoms with E-state index in [1.807, 2.05) is 61.5 Å². The van der Waals surface area contributed by atoms with E-state index in [-0.39, 0.29) is 53.8 Å². The lowest BCUT2D eigenvalue weighted by Crippen LogP contribution is -2.41. The Kier molecular flexibility index (Phi) is 11.2. The van der Waals surface area contributed by atoms with Gasteiger partial charge in [0.25, 0.3) is 17.7 Å². The first-order chi connectivity index (χ1) is 27.3. The molecule has 14 nitrogen and oxygen atoms in total. The smallest absolute Gasteiger partial charge is 0.291 e. The monoisotopic (exact) mass is 792 g/mol. The first-order valence-corrected chi connectivity index (χ1v) is 19.7. The van der Waals surface area contributed by atoms with Crippen LogP contribution in [0.3, 0.4) is 0 Å². The highest BCUT2D eigenvalue weighted by Gasteiger charge is 2.39. The van der Waals surface area contributed by atoms with Gasteiger partial charge in [-0.15, -0.1) is 11.3 Å². The number of nitrogens with one attached hydrogen (secondary N) is 4. The number of rotatable bonds is 14. The topological polar surface area (TPSA) is 159 Å². The Morgan fingerprint density at radius 3 is 2.56 bits per heavy atom. The van der Waals surface area contributed by atoms with Crippen molar-refractivity contribution in [2.75, 3.05) is 67.9 Å². The van der Waals surface area contributed by atoms with Crippen LogP contribution in [-0.4, -0.2) is 86.7 Å². The minimum atomic E-state index is -0.446. The number of thiophene rings is 1. The molecule has 0 aliphatic carbocycles. The van der Waals surface area contributed by atoms with Crippen molar-refractivity contribution in [3.8, 4) is 11.5 Å². The van der Waals surface area contributed by atoms with Crippen molar-refractivity contribution in [3.63, 3.8) is 0 Å². The molecule has 0 bridgehead atoms. The van der Waals surface area contributed by atoms with E-state index in [1.165, 1.54) is 24.0 Å². The van der Waals surface area contributed by atoms with Crippen molar-refractivity contribution < 1.29 is 28.7 Å². The molecule has 0 fully saturated rings. The van der Waals surface area contributed by atoms with Crippen molar-refractivity contribution in [2.24, 2.45) is 12.5 Å². The number of benzene rings is 3. The van der Waals surface area contributed by atoms with Crippen molar-refractivity contribution in [2.45, 2.75) is 39.2 Å². The Hall–Kier alpha value is -5.93. The summed E-state index contributed by atoms with van der Waals surface area (Å²) in [5, 5.41) is 12.7. The van der Waals surface area contributed by atoms with Gasteiger partial charge < -0.3 is 45.1 Å². The zero-order valence-corrected chi connectivity index (χ0v) is 33.8. The van der Waals surface area contributed by atoms with Gasteiger partial charge in [-0.2, -0.15) is 0 Å². The van der Waals surface area contributed by atoms with Gasteiger partial charge in [-0.3, -0.25) is 19.2 Å². The number of anilines is 4. The molecule has 0 saturated carbocycles. The van der Waals surface area contributed by atoms with Gasteiger partial charge in [-0.05, 0) is 72.7 Å². The molecule has 4 amide bonds. The zero-order chi connectivity index (χ0) is 40.4. The lowest BCUT2D eigenvalue weighted by molar-refractivity contribution is -0.116. The summed E-state index contributed by atoms with van der Waals surface area (Å²) in [7, 11) is 7.08. The summed E-state index contributed by atoms with van der Waals surface area (Å²) in [4.78, 5) is 61.8. The summed E-state index contributed by atoms with van der Waals surface area (Å²) in [6.07, 6.45) is 2.92. The minimum Gasteiger partial charge on any atom is -0.493 e. The molecule has 2 aromatic heterocycles. The lowest BCUT2D eigenvalue weighted by Gasteiger charge is -2.25. The maximum absolute atomic E-state index is 13.9. The SMILES string of the molecule is CNCC(C)(C)CNC(=O)c1cc2cc(NC(=O)c3nc(NC(=O)CCCOc4cc5c(cc4OC)C(=O)N4c6ccccc6C[C@H]4CN5C)cn3C)ccc2s1. The standard InChI is InChI=1S/C42H48N8O6S/c1-42(2,23-43-3)24-44-39(52)35-18-26-16-27(13-14-34(26)57-35)45-40(53)38-47-36(22-49(38)5)46-37(51)12-9-15-56-33-20-31-29(19-32(33)55-6)41(54)50-28(21-48(31)4)17-25-10-7-8-11-30(25)50/h7-8,10-11,13-14,16,18-20,22,28,43H,9,12,15,17,21,23-24H2,1-6H3,(H,44,52)(H,45,53)(H,46,51)/t28-/m0/s1. The Bertz CT molecular complexity index is 2350. The van der Waals surface area contributed by atoms with E-state index in [9.17, 15) is 19.2 Å². The van der Waals surface area contributed by atoms with Gasteiger partial charge in [0.1, 0.15) is 0 Å². The molecule has 1 atom stereocenters. The summed E-state index contributed by atoms with van der Waals surface area (Å²) in [6, 6.07) is 18.9. The number of para-hydroxylation sites is 1. The van der Waals surface area contributed by atoms with Crippen molar-refractivity contribution in [1.29, 1.82) is 0 Å². The zero-order valence-electron chi connectivity index (χ0n) is 33.0. The molecule has 4 N–H and O–H groups in total. The van der Waals surface area contributed by atoms with Crippen LogP contribution in [0.25, 0.3) is 10.1 Å². The van der Waals surface area contributed by atoms with Crippen LogP contribution in [0.15, 0.2) is 66.9 Å². The maximum atomic E-state index is 13.9. The van der Waals surface area contributed by atoms with E-state index in [0.717, 1.165) is 34.4 Å². The van der Waals surface area contributed by atoms with Gasteiger partial charge in [0.2, 0.25) is 11.7 Å². The Labute approximate surface area is 335 Å². The average Bonchev–Trinajstić information content (AvgIpc) is 3.87. The summed E-state index contributed by atoms with van der Waals surface area (Å²) >= 11 is 1.39. The molecule has 0 radical (unpaired) electrons. The number of carbonyl (C=O) groups excluding carboxylic acids is 4. The Balaban J connectivity index is 0.919. The number of fused-ring (bicyclic) bond motifs is 5. The van der Waals surface area contributed by atoms with Crippen LogP contribution >= 0.6 is 11.3 Å². The van der Waals surface area contributed by atoms with E-state index in [4.69, 9.17) is 9.47 Å². The molecule has 5 aromatic rings. The van der Waals surface area contributed by atoms with Crippen LogP contribution in [0.4, 0.5) is 22.9 Å². The molecule has 4 heterocycles. The summed E-state index contributed by atoms with van der Waals surface area (Å²) < 4.78 is 14.2. The average molecular weight is 793 g/mol. The normalized spacial score (nSPS) is 14.8. The number of nitrogens with zero attached hydrogens (tertiary/aromatic N) is 4. The van der Waals surface area contributed by atoms with Crippen molar-refractivity contribution >= 4 is 67.9 Å². The van der Waals surface area contributed by atoms with Crippen LogP contribution in [0.5, 0.6) is 11.5 Å². The van der Waals surface area contributed by atoms with Crippen LogP contribution in [-0.2, 0) is 18.3 Å². The molecule has 0 saturated heterocycles. The van der Waals surface area contributed by atoms with E-state index >= 15 is 0 Å². The molecule has 15 heteroatoms. The van der Waals surface area contributed by atoms with Crippen molar-refractivity contribution in [3.05, 3.63) is 88.7 Å². The highest BCUT2D eigenvalue weighted by Crippen LogP contribution is 2.42. The van der Waals surface area contributed by atoms with E-state index in [1.54, 1.807) is 29.9 Å². The number of hydrogen-bond acceptors (Lipinski definition) is 10. The van der Waals surface area contributed by atoms with Crippen molar-refractivity contribution in [1.82, 2.24) is 20.2 Å². The molecule has 2 aliphatic rings. The number of carbonyl (C=O) groups is 4. The number of ether oxygens (including phenoxy) is 2.